The number of rotatable bonds is 15. The number of nitrogens with one attached hydrogen (secondary N) is 4. The third kappa shape index (κ3) is 10.2. The van der Waals surface area contributed by atoms with Crippen LogP contribution in [0, 0.1) is 0 Å². The third-order valence-corrected chi connectivity index (χ3v) is 6.87. The lowest BCUT2D eigenvalue weighted by Crippen LogP contribution is -2.56. The van der Waals surface area contributed by atoms with E-state index in [0.717, 1.165) is 5.56 Å². The molecule has 0 radical (unpaired) electrons. The number of carbonyl (C=O) groups is 5. The van der Waals surface area contributed by atoms with Crippen LogP contribution in [-0.4, -0.2) is 69.1 Å². The molecule has 0 bridgehead atoms. The first-order valence-electron chi connectivity index (χ1n) is 14.0. The number of aromatic hydroxyl groups is 1. The van der Waals surface area contributed by atoms with Crippen molar-refractivity contribution in [3.8, 4) is 5.75 Å². The number of carboxylic acid groups (broad SMARTS) is 2. The van der Waals surface area contributed by atoms with Crippen LogP contribution < -0.4 is 21.3 Å². The molecule has 0 heterocycles. The predicted octanol–water partition coefficient (Wildman–Crippen LogP) is 2.33. The van der Waals surface area contributed by atoms with Gasteiger partial charge in [-0.1, -0.05) is 42.5 Å². The molecule has 44 heavy (non-hydrogen) atoms. The molecule has 3 aromatic carbocycles. The molecule has 4 atom stereocenters. The average Bonchev–Trinajstić information content (AvgIpc) is 3.00. The van der Waals surface area contributed by atoms with Crippen LogP contribution in [0.2, 0.25) is 0 Å². The molecule has 12 nitrogen and oxygen atoms in total. The summed E-state index contributed by atoms with van der Waals surface area (Å²) in [4.78, 5) is 62.1. The molecule has 0 fully saturated rings. The van der Waals surface area contributed by atoms with Crippen molar-refractivity contribution in [2.45, 2.75) is 57.3 Å². The van der Waals surface area contributed by atoms with E-state index in [1.807, 2.05) is 30.3 Å². The van der Waals surface area contributed by atoms with Gasteiger partial charge in [-0.05, 0) is 74.2 Å². The van der Waals surface area contributed by atoms with Gasteiger partial charge in [0.25, 0.3) is 0 Å². The summed E-state index contributed by atoms with van der Waals surface area (Å²) in [5.74, 6) is -4.05. The van der Waals surface area contributed by atoms with Gasteiger partial charge < -0.3 is 31.3 Å². The minimum Gasteiger partial charge on any atom is -0.508 e. The van der Waals surface area contributed by atoms with Gasteiger partial charge in [0.1, 0.15) is 23.9 Å². The van der Waals surface area contributed by atoms with Crippen LogP contribution in [0.25, 0.3) is 0 Å². The maximum absolute atomic E-state index is 13.2. The smallest absolute Gasteiger partial charge is 0.335 e. The molecule has 7 N–H and O–H groups in total. The van der Waals surface area contributed by atoms with Crippen LogP contribution in [0.5, 0.6) is 5.75 Å². The number of carboxylic acids is 2. The van der Waals surface area contributed by atoms with E-state index >= 15 is 0 Å². The highest BCUT2D eigenvalue weighted by Gasteiger charge is 2.28. The summed E-state index contributed by atoms with van der Waals surface area (Å²) in [6.07, 6.45) is 0.789. The lowest BCUT2D eigenvalue weighted by Gasteiger charge is -2.24. The second-order valence-corrected chi connectivity index (χ2v) is 10.3. The Morgan fingerprint density at radius 2 is 1.30 bits per heavy atom. The molecule has 0 aliphatic carbocycles. The summed E-state index contributed by atoms with van der Waals surface area (Å²) in [6, 6.07) is 16.8. The minimum absolute atomic E-state index is 0.0292. The Labute approximate surface area is 254 Å². The number of benzene rings is 3. The molecule has 3 amide bonds. The summed E-state index contributed by atoms with van der Waals surface area (Å²) in [5, 5.41) is 39.0. The largest absolute Gasteiger partial charge is 0.508 e. The second-order valence-electron chi connectivity index (χ2n) is 10.3. The summed E-state index contributed by atoms with van der Waals surface area (Å²) >= 11 is 0. The van der Waals surface area contributed by atoms with Crippen molar-refractivity contribution in [3.05, 3.63) is 95.6 Å². The Hall–Kier alpha value is -5.23. The first-order chi connectivity index (χ1) is 20.9. The van der Waals surface area contributed by atoms with Gasteiger partial charge in [0.05, 0.1) is 11.6 Å². The van der Waals surface area contributed by atoms with E-state index in [9.17, 15) is 34.2 Å². The number of phenols is 1. The Kier molecular flexibility index (Phi) is 12.0. The number of anilines is 1. The number of hydrogen-bond donors (Lipinski definition) is 7. The van der Waals surface area contributed by atoms with Crippen LogP contribution in [0.4, 0.5) is 5.69 Å². The van der Waals surface area contributed by atoms with Gasteiger partial charge in [0, 0.05) is 12.1 Å². The zero-order valence-electron chi connectivity index (χ0n) is 24.3. The number of carbonyl (C=O) groups excluding carboxylic acids is 3. The van der Waals surface area contributed by atoms with Gasteiger partial charge in [-0.3, -0.25) is 24.5 Å². The normalized spacial score (nSPS) is 13.5. The fourth-order valence-corrected chi connectivity index (χ4v) is 4.31. The van der Waals surface area contributed by atoms with Crippen molar-refractivity contribution < 1.29 is 39.3 Å². The van der Waals surface area contributed by atoms with Crippen LogP contribution >= 0.6 is 0 Å². The number of amides is 3. The summed E-state index contributed by atoms with van der Waals surface area (Å²) in [7, 11) is 0. The number of hydrogen-bond acceptors (Lipinski definition) is 7. The zero-order chi connectivity index (χ0) is 32.2. The molecule has 0 spiro atoms. The highest BCUT2D eigenvalue weighted by Crippen LogP contribution is 2.14. The molecular weight excluding hydrogens is 568 g/mol. The lowest BCUT2D eigenvalue weighted by molar-refractivity contribution is -0.140. The first-order valence-corrected chi connectivity index (χ1v) is 14.0. The van der Waals surface area contributed by atoms with E-state index in [1.165, 1.54) is 50.2 Å². The second kappa shape index (κ2) is 15.8. The summed E-state index contributed by atoms with van der Waals surface area (Å²) < 4.78 is 0. The Balaban J connectivity index is 1.63. The maximum Gasteiger partial charge on any atom is 0.335 e. The molecule has 3 aromatic rings. The van der Waals surface area contributed by atoms with Crippen molar-refractivity contribution in [1.29, 1.82) is 0 Å². The van der Waals surface area contributed by atoms with Crippen molar-refractivity contribution in [2.75, 3.05) is 5.32 Å². The monoisotopic (exact) mass is 604 g/mol. The molecule has 232 valence electrons. The fraction of sp³-hybridized carbons (Fsp3) is 0.281. The van der Waals surface area contributed by atoms with E-state index in [4.69, 9.17) is 5.11 Å². The highest BCUT2D eigenvalue weighted by atomic mass is 16.4. The van der Waals surface area contributed by atoms with Crippen molar-refractivity contribution in [1.82, 2.24) is 16.0 Å². The maximum atomic E-state index is 13.2. The van der Waals surface area contributed by atoms with Crippen LogP contribution in [0.3, 0.4) is 0 Å². The zero-order valence-corrected chi connectivity index (χ0v) is 24.3. The van der Waals surface area contributed by atoms with E-state index in [1.54, 1.807) is 12.1 Å². The van der Waals surface area contributed by atoms with Gasteiger partial charge in [0.15, 0.2) is 0 Å². The van der Waals surface area contributed by atoms with Crippen molar-refractivity contribution in [2.24, 2.45) is 0 Å². The average molecular weight is 605 g/mol. The molecular formula is C32H36N4O8. The van der Waals surface area contributed by atoms with E-state index < -0.39 is 53.8 Å². The lowest BCUT2D eigenvalue weighted by atomic mass is 10.0. The summed E-state index contributed by atoms with van der Waals surface area (Å²) in [5.41, 5.74) is 1.95. The number of aryl methyl sites for hydroxylation is 1. The SMILES string of the molecule is C[C@H](NC(=O)[C@H](C)NC(CCc1ccccc1)C(=O)O)C(=O)N[C@@H](Cc1ccc(O)cc1)C(=O)Nc1ccc(C(=O)O)cc1. The van der Waals surface area contributed by atoms with Gasteiger partial charge in [0.2, 0.25) is 17.7 Å². The Morgan fingerprint density at radius 1 is 0.682 bits per heavy atom. The van der Waals surface area contributed by atoms with Crippen molar-refractivity contribution in [3.63, 3.8) is 0 Å². The van der Waals surface area contributed by atoms with E-state index in [0.29, 0.717) is 17.7 Å². The van der Waals surface area contributed by atoms with Crippen LogP contribution in [0.15, 0.2) is 78.9 Å². The molecule has 0 saturated heterocycles. The van der Waals surface area contributed by atoms with Gasteiger partial charge in [-0.25, -0.2) is 4.79 Å². The number of phenolic OH excluding ortho intramolecular Hbond substituents is 1. The van der Waals surface area contributed by atoms with E-state index in [-0.39, 0.29) is 24.2 Å². The minimum atomic E-state index is -1.12. The fourth-order valence-electron chi connectivity index (χ4n) is 4.31. The van der Waals surface area contributed by atoms with Crippen molar-refractivity contribution >= 4 is 35.3 Å². The Morgan fingerprint density at radius 3 is 1.89 bits per heavy atom. The van der Waals surface area contributed by atoms with E-state index in [2.05, 4.69) is 21.3 Å². The topological polar surface area (TPSA) is 194 Å². The number of aliphatic carboxylic acids is 1. The van der Waals surface area contributed by atoms with Gasteiger partial charge in [-0.15, -0.1) is 0 Å². The third-order valence-electron chi connectivity index (χ3n) is 6.87. The quantitative estimate of drug-likeness (QED) is 0.136. The first kappa shape index (κ1) is 33.3. The highest BCUT2D eigenvalue weighted by molar-refractivity contribution is 5.99. The predicted molar refractivity (Wildman–Crippen MR) is 162 cm³/mol. The van der Waals surface area contributed by atoms with Gasteiger partial charge in [-0.2, -0.15) is 0 Å². The summed E-state index contributed by atoms with van der Waals surface area (Å²) in [6.45, 7) is 2.93. The molecule has 12 heteroatoms. The molecule has 0 aliphatic rings. The Bertz CT molecular complexity index is 1450. The molecule has 1 unspecified atom stereocenters. The molecule has 0 aromatic heterocycles. The molecule has 0 aliphatic heterocycles. The standard InChI is InChI=1S/C32H36N4O8/c1-19(33-26(32(43)44)17-10-21-6-4-3-5-7-21)28(38)34-20(2)29(39)36-27(18-22-8-15-25(37)16-9-22)30(40)35-24-13-11-23(12-14-24)31(41)42/h3-9,11-16,19-20,26-27,33,37H,10,17-18H2,1-2H3,(H,34,38)(H,35,40)(H,36,39)(H,41,42)(H,43,44)/t19-,20-,26?,27-/m0/s1. The molecule has 0 saturated carbocycles. The molecule has 3 rings (SSSR count). The van der Waals surface area contributed by atoms with Crippen LogP contribution in [0.1, 0.15) is 41.8 Å². The number of aromatic carboxylic acids is 1. The van der Waals surface area contributed by atoms with Crippen LogP contribution in [-0.2, 0) is 32.0 Å². The van der Waals surface area contributed by atoms with Gasteiger partial charge >= 0.3 is 11.9 Å².